The van der Waals surface area contributed by atoms with Crippen molar-refractivity contribution in [1.29, 1.82) is 0 Å². The summed E-state index contributed by atoms with van der Waals surface area (Å²) in [6.45, 7) is 4.65. The highest BCUT2D eigenvalue weighted by Gasteiger charge is 2.50. The monoisotopic (exact) mass is 343 g/mol. The number of ether oxygens (including phenoxy) is 1. The fraction of sp³-hybridized carbons (Fsp3) is 0.579. The van der Waals surface area contributed by atoms with Gasteiger partial charge in [0.2, 0.25) is 5.91 Å². The molecule has 1 unspecified atom stereocenters. The summed E-state index contributed by atoms with van der Waals surface area (Å²) < 4.78 is 5.39. The lowest BCUT2D eigenvalue weighted by molar-refractivity contribution is -0.132. The van der Waals surface area contributed by atoms with Crippen molar-refractivity contribution in [3.63, 3.8) is 0 Å². The van der Waals surface area contributed by atoms with Crippen LogP contribution in [0.25, 0.3) is 0 Å². The highest BCUT2D eigenvalue weighted by molar-refractivity contribution is 5.78. The van der Waals surface area contributed by atoms with Crippen molar-refractivity contribution < 1.29 is 14.3 Å². The number of carbonyl (C=O) groups excluding carboxylic acids is 2. The summed E-state index contributed by atoms with van der Waals surface area (Å²) in [6.07, 6.45) is 2.76. The highest BCUT2D eigenvalue weighted by Crippen LogP contribution is 2.32. The first-order valence-electron chi connectivity index (χ1n) is 9.15. The van der Waals surface area contributed by atoms with Crippen LogP contribution in [0, 0.1) is 0 Å². The van der Waals surface area contributed by atoms with Crippen molar-refractivity contribution in [2.24, 2.45) is 0 Å². The molecule has 0 saturated carbocycles. The van der Waals surface area contributed by atoms with Crippen molar-refractivity contribution in [3.8, 4) is 0 Å². The number of cyclic esters (lactones) is 1. The maximum atomic E-state index is 12.5. The Kier molecular flexibility index (Phi) is 4.37. The van der Waals surface area contributed by atoms with Gasteiger partial charge in [0.15, 0.2) is 0 Å². The molecule has 0 spiro atoms. The number of likely N-dealkylation sites (tertiary alicyclic amines) is 1. The van der Waals surface area contributed by atoms with Gasteiger partial charge in [0.05, 0.1) is 12.1 Å². The number of carbonyl (C=O) groups is 2. The molecule has 0 N–H and O–H groups in total. The summed E-state index contributed by atoms with van der Waals surface area (Å²) >= 11 is 0. The Balaban J connectivity index is 1.48. The van der Waals surface area contributed by atoms with Gasteiger partial charge in [-0.15, -0.1) is 0 Å². The van der Waals surface area contributed by atoms with Gasteiger partial charge in [-0.2, -0.15) is 0 Å². The van der Waals surface area contributed by atoms with E-state index < -0.39 is 0 Å². The Labute approximate surface area is 148 Å². The van der Waals surface area contributed by atoms with Crippen LogP contribution in [0.3, 0.4) is 0 Å². The molecular weight excluding hydrogens is 318 g/mol. The van der Waals surface area contributed by atoms with Gasteiger partial charge in [0.25, 0.3) is 0 Å². The molecule has 6 nitrogen and oxygen atoms in total. The Hall–Kier alpha value is -2.08. The SMILES string of the molecule is O=C(CN1CCN2C(=O)OCC2(Cc2ccccc2)C1)N1CCCC1. The average Bonchev–Trinajstić information content (AvgIpc) is 3.25. The fourth-order valence-corrected chi connectivity index (χ4v) is 4.31. The first-order chi connectivity index (χ1) is 12.2. The van der Waals surface area contributed by atoms with Crippen LogP contribution >= 0.6 is 0 Å². The van der Waals surface area contributed by atoms with E-state index in [0.717, 1.165) is 38.9 Å². The Morgan fingerprint density at radius 2 is 1.84 bits per heavy atom. The summed E-state index contributed by atoms with van der Waals surface area (Å²) in [5, 5.41) is 0. The Bertz CT molecular complexity index is 645. The molecule has 3 aliphatic rings. The average molecular weight is 343 g/mol. The van der Waals surface area contributed by atoms with Crippen LogP contribution < -0.4 is 0 Å². The van der Waals surface area contributed by atoms with E-state index in [9.17, 15) is 9.59 Å². The number of hydrogen-bond acceptors (Lipinski definition) is 4. The Morgan fingerprint density at radius 3 is 2.60 bits per heavy atom. The molecule has 0 bridgehead atoms. The fourth-order valence-electron chi connectivity index (χ4n) is 4.31. The Morgan fingerprint density at radius 1 is 1.08 bits per heavy atom. The quantitative estimate of drug-likeness (QED) is 0.828. The van der Waals surface area contributed by atoms with E-state index in [0.29, 0.717) is 26.2 Å². The first-order valence-corrected chi connectivity index (χ1v) is 9.15. The van der Waals surface area contributed by atoms with Crippen molar-refractivity contribution in [2.75, 3.05) is 45.9 Å². The second-order valence-corrected chi connectivity index (χ2v) is 7.39. The second-order valence-electron chi connectivity index (χ2n) is 7.39. The lowest BCUT2D eigenvalue weighted by atomic mass is 9.88. The van der Waals surface area contributed by atoms with E-state index in [4.69, 9.17) is 4.74 Å². The van der Waals surface area contributed by atoms with E-state index >= 15 is 0 Å². The third-order valence-electron chi connectivity index (χ3n) is 5.61. The second kappa shape index (κ2) is 6.67. The molecule has 1 aromatic rings. The molecular formula is C19H25N3O3. The number of nitrogens with zero attached hydrogens (tertiary/aromatic N) is 3. The molecule has 0 aromatic heterocycles. The van der Waals surface area contributed by atoms with Gasteiger partial charge in [-0.1, -0.05) is 30.3 Å². The zero-order chi connectivity index (χ0) is 17.3. The highest BCUT2D eigenvalue weighted by atomic mass is 16.6. The number of fused-ring (bicyclic) bond motifs is 1. The van der Waals surface area contributed by atoms with Gasteiger partial charge in [0.1, 0.15) is 6.61 Å². The minimum absolute atomic E-state index is 0.214. The van der Waals surface area contributed by atoms with Crippen LogP contribution in [0.1, 0.15) is 18.4 Å². The molecule has 1 atom stereocenters. The largest absolute Gasteiger partial charge is 0.447 e. The topological polar surface area (TPSA) is 53.1 Å². The molecule has 0 radical (unpaired) electrons. The summed E-state index contributed by atoms with van der Waals surface area (Å²) in [4.78, 5) is 30.7. The zero-order valence-corrected chi connectivity index (χ0v) is 14.5. The van der Waals surface area contributed by atoms with Gasteiger partial charge in [-0.25, -0.2) is 4.79 Å². The smallest absolute Gasteiger partial charge is 0.410 e. The van der Waals surface area contributed by atoms with E-state index in [1.54, 1.807) is 0 Å². The molecule has 134 valence electrons. The number of rotatable bonds is 4. The van der Waals surface area contributed by atoms with E-state index in [1.165, 1.54) is 5.56 Å². The number of benzene rings is 1. The van der Waals surface area contributed by atoms with Crippen LogP contribution in [-0.4, -0.2) is 78.1 Å². The molecule has 0 aliphatic carbocycles. The molecule has 1 aromatic carbocycles. The predicted octanol–water partition coefficient (Wildman–Crippen LogP) is 1.36. The zero-order valence-electron chi connectivity index (χ0n) is 14.5. The molecule has 2 amide bonds. The minimum Gasteiger partial charge on any atom is -0.447 e. The van der Waals surface area contributed by atoms with Crippen molar-refractivity contribution in [3.05, 3.63) is 35.9 Å². The summed E-state index contributed by atoms with van der Waals surface area (Å²) in [7, 11) is 0. The third-order valence-corrected chi connectivity index (χ3v) is 5.61. The standard InChI is InChI=1S/C19H25N3O3/c23-17(21-8-4-5-9-21)13-20-10-11-22-18(24)25-15-19(22,14-20)12-16-6-2-1-3-7-16/h1-3,6-7H,4-5,8-15H2. The first kappa shape index (κ1) is 16.4. The summed E-state index contributed by atoms with van der Waals surface area (Å²) in [6, 6.07) is 10.2. The van der Waals surface area contributed by atoms with Gasteiger partial charge >= 0.3 is 6.09 Å². The lowest BCUT2D eigenvalue weighted by Gasteiger charge is -2.44. The van der Waals surface area contributed by atoms with Crippen molar-refractivity contribution >= 4 is 12.0 Å². The maximum Gasteiger partial charge on any atom is 0.410 e. The van der Waals surface area contributed by atoms with E-state index in [-0.39, 0.29) is 17.5 Å². The van der Waals surface area contributed by atoms with Crippen LogP contribution in [0.4, 0.5) is 4.79 Å². The molecule has 3 aliphatic heterocycles. The summed E-state index contributed by atoms with van der Waals surface area (Å²) in [5.74, 6) is 0.214. The normalized spacial score (nSPS) is 26.6. The lowest BCUT2D eigenvalue weighted by Crippen LogP contribution is -2.63. The number of hydrogen-bond donors (Lipinski definition) is 0. The van der Waals surface area contributed by atoms with E-state index in [1.807, 2.05) is 28.0 Å². The molecule has 25 heavy (non-hydrogen) atoms. The summed E-state index contributed by atoms with van der Waals surface area (Å²) in [5.41, 5.74) is 0.834. The molecule has 3 fully saturated rings. The van der Waals surface area contributed by atoms with Crippen LogP contribution in [0.5, 0.6) is 0 Å². The van der Waals surface area contributed by atoms with E-state index in [2.05, 4.69) is 17.0 Å². The van der Waals surface area contributed by atoms with Crippen LogP contribution in [0.2, 0.25) is 0 Å². The predicted molar refractivity (Wildman–Crippen MR) is 93.2 cm³/mol. The molecule has 4 rings (SSSR count). The van der Waals surface area contributed by atoms with Gasteiger partial charge in [-0.3, -0.25) is 14.6 Å². The molecule has 6 heteroatoms. The molecule has 3 heterocycles. The number of amides is 2. The maximum absolute atomic E-state index is 12.5. The van der Waals surface area contributed by atoms with Gasteiger partial charge in [0, 0.05) is 39.1 Å². The van der Waals surface area contributed by atoms with Gasteiger partial charge < -0.3 is 9.64 Å². The molecule has 3 saturated heterocycles. The number of piperazine rings is 1. The van der Waals surface area contributed by atoms with Gasteiger partial charge in [-0.05, 0) is 18.4 Å². The third kappa shape index (κ3) is 3.23. The van der Waals surface area contributed by atoms with Crippen molar-refractivity contribution in [1.82, 2.24) is 14.7 Å². The van der Waals surface area contributed by atoms with Crippen LogP contribution in [0.15, 0.2) is 30.3 Å². The van der Waals surface area contributed by atoms with Crippen molar-refractivity contribution in [2.45, 2.75) is 24.8 Å². The van der Waals surface area contributed by atoms with Crippen LogP contribution in [-0.2, 0) is 16.0 Å². The minimum atomic E-state index is -0.359.